The quantitative estimate of drug-likeness (QED) is 0.357. The van der Waals surface area contributed by atoms with Crippen molar-refractivity contribution in [3.05, 3.63) is 18.0 Å². The molecule has 6 nitrogen and oxygen atoms in total. The number of aromatic nitrogens is 2. The summed E-state index contributed by atoms with van der Waals surface area (Å²) < 4.78 is 2.15. The normalized spacial score (nSPS) is 21.9. The Morgan fingerprint density at radius 2 is 2.24 bits per heavy atom. The number of aliphatic imine (C=N–C) groups is 1. The lowest BCUT2D eigenvalue weighted by Gasteiger charge is -2.25. The van der Waals surface area contributed by atoms with Crippen molar-refractivity contribution in [2.24, 2.45) is 12.0 Å². The van der Waals surface area contributed by atoms with Gasteiger partial charge in [-0.2, -0.15) is 16.9 Å². The Balaban J connectivity index is 0.00000312. The van der Waals surface area contributed by atoms with Gasteiger partial charge >= 0.3 is 0 Å². The Kier molecular flexibility index (Phi) is 9.58. The van der Waals surface area contributed by atoms with E-state index in [1.54, 1.807) is 0 Å². The molecule has 1 saturated heterocycles. The smallest absolute Gasteiger partial charge is 0.191 e. The molecule has 0 amide bonds. The molecule has 2 N–H and O–H groups in total. The fourth-order valence-corrected chi connectivity index (χ4v) is 4.18. The molecule has 0 radical (unpaired) electrons. The first kappa shape index (κ1) is 22.6. The van der Waals surface area contributed by atoms with Crippen LogP contribution in [0.1, 0.15) is 38.3 Å². The zero-order chi connectivity index (χ0) is 17.6. The van der Waals surface area contributed by atoms with Crippen LogP contribution in [0, 0.1) is 0 Å². The minimum Gasteiger partial charge on any atom is -0.357 e. The molecule has 2 unspecified atom stereocenters. The van der Waals surface area contributed by atoms with Crippen molar-refractivity contribution in [3.8, 4) is 0 Å². The summed E-state index contributed by atoms with van der Waals surface area (Å²) in [6, 6.07) is 0.263. The molecule has 1 aromatic rings. The number of thioether (sulfide) groups is 1. The average molecular weight is 480 g/mol. The molecular formula is C17H33IN6S. The third-order valence-electron chi connectivity index (χ3n) is 4.41. The van der Waals surface area contributed by atoms with E-state index in [1.165, 1.54) is 24.2 Å². The first-order valence-corrected chi connectivity index (χ1v) is 9.73. The number of guanidine groups is 1. The van der Waals surface area contributed by atoms with Crippen molar-refractivity contribution in [2.75, 3.05) is 39.5 Å². The van der Waals surface area contributed by atoms with Crippen molar-refractivity contribution < 1.29 is 0 Å². The Morgan fingerprint density at radius 1 is 1.48 bits per heavy atom. The van der Waals surface area contributed by atoms with E-state index in [2.05, 4.69) is 66.5 Å². The van der Waals surface area contributed by atoms with Crippen molar-refractivity contribution in [1.82, 2.24) is 25.3 Å². The molecular weight excluding hydrogens is 447 g/mol. The van der Waals surface area contributed by atoms with Gasteiger partial charge in [0.1, 0.15) is 0 Å². The van der Waals surface area contributed by atoms with E-state index < -0.39 is 0 Å². The number of hydrogen-bond acceptors (Lipinski definition) is 4. The number of aryl methyl sites for hydroxylation is 1. The highest BCUT2D eigenvalue weighted by atomic mass is 127. The third kappa shape index (κ3) is 6.97. The molecule has 2 rings (SSSR count). The van der Waals surface area contributed by atoms with Crippen LogP contribution in [-0.2, 0) is 7.05 Å². The first-order valence-electron chi connectivity index (χ1n) is 8.74. The van der Waals surface area contributed by atoms with Crippen LogP contribution in [0.5, 0.6) is 0 Å². The number of halogens is 1. The van der Waals surface area contributed by atoms with Gasteiger partial charge in [-0.25, -0.2) is 0 Å². The van der Waals surface area contributed by atoms with Crippen LogP contribution < -0.4 is 10.6 Å². The zero-order valence-corrected chi connectivity index (χ0v) is 19.2. The zero-order valence-electron chi connectivity index (χ0n) is 16.1. The fourth-order valence-electron chi connectivity index (χ4n) is 2.95. The molecule has 144 valence electrons. The van der Waals surface area contributed by atoms with Gasteiger partial charge in [0.15, 0.2) is 5.96 Å². The molecule has 2 heterocycles. The van der Waals surface area contributed by atoms with E-state index >= 15 is 0 Å². The topological polar surface area (TPSA) is 57.5 Å². The van der Waals surface area contributed by atoms with Gasteiger partial charge in [0, 0.05) is 36.6 Å². The van der Waals surface area contributed by atoms with Crippen LogP contribution in [0.2, 0.25) is 0 Å². The minimum absolute atomic E-state index is 0. The van der Waals surface area contributed by atoms with Crippen LogP contribution in [0.3, 0.4) is 0 Å². The second kappa shape index (κ2) is 10.6. The van der Waals surface area contributed by atoms with Gasteiger partial charge in [-0.3, -0.25) is 9.67 Å². The lowest BCUT2D eigenvalue weighted by Crippen LogP contribution is -2.42. The van der Waals surface area contributed by atoms with Gasteiger partial charge in [-0.05, 0) is 46.5 Å². The predicted molar refractivity (Wildman–Crippen MR) is 119 cm³/mol. The van der Waals surface area contributed by atoms with Gasteiger partial charge in [-0.1, -0.05) is 0 Å². The highest BCUT2D eigenvalue weighted by Gasteiger charge is 2.29. The number of nitrogens with zero attached hydrogens (tertiary/aromatic N) is 4. The van der Waals surface area contributed by atoms with Crippen LogP contribution in [0.4, 0.5) is 0 Å². The summed E-state index contributed by atoms with van der Waals surface area (Å²) in [5.41, 5.74) is 1.21. The summed E-state index contributed by atoms with van der Waals surface area (Å²) >= 11 is 2.05. The standard InChI is InChI=1S/C17H32N6S.HI/c1-6-18-16(20-13-17(2)8-7-9-24-17)19-11-15(22(3)4)14-10-21-23(5)12-14;/h10,12,15H,6-9,11,13H2,1-5H3,(H2,18,19,20);1H. The molecule has 0 aromatic carbocycles. The van der Waals surface area contributed by atoms with E-state index in [0.29, 0.717) is 4.75 Å². The Morgan fingerprint density at radius 3 is 2.76 bits per heavy atom. The van der Waals surface area contributed by atoms with Gasteiger partial charge in [-0.15, -0.1) is 24.0 Å². The number of nitrogens with one attached hydrogen (secondary N) is 2. The van der Waals surface area contributed by atoms with Crippen LogP contribution in [-0.4, -0.2) is 64.9 Å². The maximum atomic E-state index is 4.83. The summed E-state index contributed by atoms with van der Waals surface area (Å²) in [6.45, 7) is 6.97. The third-order valence-corrected chi connectivity index (χ3v) is 5.94. The summed E-state index contributed by atoms with van der Waals surface area (Å²) in [4.78, 5) is 7.04. The molecule has 0 saturated carbocycles. The van der Waals surface area contributed by atoms with Gasteiger partial charge < -0.3 is 15.5 Å². The lowest BCUT2D eigenvalue weighted by atomic mass is 10.1. The van der Waals surface area contributed by atoms with E-state index in [9.17, 15) is 0 Å². The summed E-state index contributed by atoms with van der Waals surface area (Å²) in [5.74, 6) is 2.17. The predicted octanol–water partition coefficient (Wildman–Crippen LogP) is 2.48. The molecule has 1 aromatic heterocycles. The number of likely N-dealkylation sites (N-methyl/N-ethyl adjacent to an activating group) is 1. The Bertz CT molecular complexity index is 539. The average Bonchev–Trinajstić information content (AvgIpc) is 3.14. The SMILES string of the molecule is CCNC(=NCC1(C)CCCS1)NCC(c1cnn(C)c1)N(C)C.I. The summed E-state index contributed by atoms with van der Waals surface area (Å²) in [7, 11) is 6.15. The highest BCUT2D eigenvalue weighted by molar-refractivity contribution is 14.0. The molecule has 1 aliphatic heterocycles. The largest absolute Gasteiger partial charge is 0.357 e. The van der Waals surface area contributed by atoms with Crippen LogP contribution in [0.15, 0.2) is 17.4 Å². The van der Waals surface area contributed by atoms with Gasteiger partial charge in [0.05, 0.1) is 18.8 Å². The van der Waals surface area contributed by atoms with E-state index in [1.807, 2.05) is 17.9 Å². The van der Waals surface area contributed by atoms with Crippen molar-refractivity contribution >= 4 is 41.7 Å². The Hall–Kier alpha value is -0.480. The van der Waals surface area contributed by atoms with Crippen LogP contribution >= 0.6 is 35.7 Å². The number of hydrogen-bond donors (Lipinski definition) is 2. The molecule has 0 spiro atoms. The fraction of sp³-hybridized carbons (Fsp3) is 0.765. The van der Waals surface area contributed by atoms with Gasteiger partial charge in [0.25, 0.3) is 0 Å². The van der Waals surface area contributed by atoms with Crippen LogP contribution in [0.25, 0.3) is 0 Å². The van der Waals surface area contributed by atoms with Crippen molar-refractivity contribution in [3.63, 3.8) is 0 Å². The molecule has 2 atom stereocenters. The van der Waals surface area contributed by atoms with Crippen molar-refractivity contribution in [2.45, 2.75) is 37.5 Å². The molecule has 1 aliphatic rings. The molecule has 1 fully saturated rings. The maximum Gasteiger partial charge on any atom is 0.191 e. The van der Waals surface area contributed by atoms with Crippen molar-refractivity contribution in [1.29, 1.82) is 0 Å². The summed E-state index contributed by atoms with van der Waals surface area (Å²) in [5, 5.41) is 11.2. The number of rotatable bonds is 7. The highest BCUT2D eigenvalue weighted by Crippen LogP contribution is 2.37. The molecule has 25 heavy (non-hydrogen) atoms. The van der Waals surface area contributed by atoms with Gasteiger partial charge in [0.2, 0.25) is 0 Å². The minimum atomic E-state index is 0. The Labute approximate surface area is 173 Å². The van der Waals surface area contributed by atoms with E-state index in [0.717, 1.165) is 25.6 Å². The first-order chi connectivity index (χ1) is 11.4. The maximum absolute atomic E-state index is 4.83. The summed E-state index contributed by atoms with van der Waals surface area (Å²) in [6.07, 6.45) is 6.58. The lowest BCUT2D eigenvalue weighted by molar-refractivity contribution is 0.298. The van der Waals surface area contributed by atoms with E-state index in [-0.39, 0.29) is 30.0 Å². The second-order valence-electron chi connectivity index (χ2n) is 6.90. The molecule has 0 bridgehead atoms. The molecule has 8 heteroatoms. The van der Waals surface area contributed by atoms with E-state index in [4.69, 9.17) is 4.99 Å². The molecule has 0 aliphatic carbocycles. The monoisotopic (exact) mass is 480 g/mol. The second-order valence-corrected chi connectivity index (χ2v) is 8.59.